The van der Waals surface area contributed by atoms with Crippen molar-refractivity contribution in [3.8, 4) is 39.7 Å². The molecule has 0 fully saturated rings. The Labute approximate surface area is 277 Å². The van der Waals surface area contributed by atoms with Crippen LogP contribution in [0.25, 0.3) is 82.1 Å². The molecule has 0 aliphatic carbocycles. The van der Waals surface area contributed by atoms with Crippen LogP contribution < -0.4 is 0 Å². The predicted octanol–water partition coefficient (Wildman–Crippen LogP) is 11.6. The van der Waals surface area contributed by atoms with Gasteiger partial charge in [0.15, 0.2) is 5.69 Å². The zero-order chi connectivity index (χ0) is 32.2. The van der Waals surface area contributed by atoms with Crippen molar-refractivity contribution in [3.63, 3.8) is 0 Å². The topological polar surface area (TPSA) is 38.0 Å². The van der Waals surface area contributed by atoms with Gasteiger partial charge in [-0.3, -0.25) is 0 Å². The first-order chi connectivity index (χ1) is 23.8. The lowest BCUT2D eigenvalue weighted by Crippen LogP contribution is -1.99. The molecule has 0 spiro atoms. The number of hydrogen-bond acceptors (Lipinski definition) is 1. The van der Waals surface area contributed by atoms with E-state index < -0.39 is 0 Å². The van der Waals surface area contributed by atoms with E-state index in [1.54, 1.807) is 0 Å². The molecule has 0 radical (unpaired) electrons. The van der Waals surface area contributed by atoms with E-state index in [1.807, 2.05) is 54.6 Å². The molecule has 0 saturated carbocycles. The Kier molecular flexibility index (Phi) is 6.22. The third-order valence-corrected chi connectivity index (χ3v) is 9.39. The first-order valence-corrected chi connectivity index (χ1v) is 15.9. The van der Waals surface area contributed by atoms with Crippen LogP contribution in [0, 0.1) is 17.9 Å². The summed E-state index contributed by atoms with van der Waals surface area (Å²) in [6, 6.07) is 56.7. The van der Waals surface area contributed by atoms with Crippen molar-refractivity contribution in [1.82, 2.24) is 9.13 Å². The zero-order valence-corrected chi connectivity index (χ0v) is 25.8. The number of nitriles is 1. The molecule has 0 aliphatic rings. The first-order valence-electron chi connectivity index (χ1n) is 15.9. The summed E-state index contributed by atoms with van der Waals surface area (Å²) < 4.78 is 4.52. The number of rotatable bonds is 4. The Morgan fingerprint density at radius 2 is 1.17 bits per heavy atom. The number of hydrogen-bond donors (Lipinski definition) is 0. The first kappa shape index (κ1) is 27.4. The number of aromatic nitrogens is 2. The van der Waals surface area contributed by atoms with Crippen molar-refractivity contribution >= 4 is 49.3 Å². The van der Waals surface area contributed by atoms with Crippen LogP contribution in [0.3, 0.4) is 0 Å². The van der Waals surface area contributed by atoms with Crippen LogP contribution >= 0.6 is 0 Å². The quantitative estimate of drug-likeness (QED) is 0.183. The summed E-state index contributed by atoms with van der Waals surface area (Å²) in [5, 5.41) is 15.3. The second kappa shape index (κ2) is 10.9. The Morgan fingerprint density at radius 3 is 1.92 bits per heavy atom. The van der Waals surface area contributed by atoms with Crippen LogP contribution in [-0.2, 0) is 0 Å². The molecule has 9 rings (SSSR count). The summed E-state index contributed by atoms with van der Waals surface area (Å²) in [5.41, 5.74) is 10.9. The predicted molar refractivity (Wildman–Crippen MR) is 197 cm³/mol. The second-order valence-corrected chi connectivity index (χ2v) is 11.9. The van der Waals surface area contributed by atoms with E-state index in [0.29, 0.717) is 16.8 Å². The van der Waals surface area contributed by atoms with Gasteiger partial charge < -0.3 is 9.13 Å². The van der Waals surface area contributed by atoms with Gasteiger partial charge >= 0.3 is 0 Å². The minimum Gasteiger partial charge on any atom is -0.309 e. The smallest absolute Gasteiger partial charge is 0.196 e. The molecule has 222 valence electrons. The maximum absolute atomic E-state index is 10.7. The lowest BCUT2D eigenvalue weighted by atomic mass is 9.96. The molecule has 0 N–H and O–H groups in total. The van der Waals surface area contributed by atoms with Gasteiger partial charge in [-0.1, -0.05) is 109 Å². The van der Waals surface area contributed by atoms with E-state index in [1.165, 1.54) is 16.3 Å². The summed E-state index contributed by atoms with van der Waals surface area (Å²) in [7, 11) is 0. The average Bonchev–Trinajstić information content (AvgIpc) is 3.67. The molecule has 48 heavy (non-hydrogen) atoms. The SMILES string of the molecule is [C-]#[N+]c1ccc(-n2c3ccccc3c3c(-c4ccc5c(c4)c4ccccc4n5-c4ccccc4)cccc32)c(C#N)c1-c1ccccc1. The highest BCUT2D eigenvalue weighted by molar-refractivity contribution is 6.17. The lowest BCUT2D eigenvalue weighted by molar-refractivity contribution is 1.17. The average molecular weight is 611 g/mol. The van der Waals surface area contributed by atoms with Gasteiger partial charge in [0.1, 0.15) is 6.07 Å². The molecule has 0 aliphatic heterocycles. The largest absolute Gasteiger partial charge is 0.309 e. The number of para-hydroxylation sites is 3. The van der Waals surface area contributed by atoms with Crippen LogP contribution in [0.15, 0.2) is 158 Å². The normalized spacial score (nSPS) is 11.3. The molecular weight excluding hydrogens is 585 g/mol. The summed E-state index contributed by atoms with van der Waals surface area (Å²) >= 11 is 0. The molecule has 0 saturated heterocycles. The highest BCUT2D eigenvalue weighted by atomic mass is 15.0. The molecule has 2 heterocycles. The molecule has 9 aromatic rings. The molecule has 4 heteroatoms. The molecular formula is C44H26N4. The van der Waals surface area contributed by atoms with E-state index >= 15 is 0 Å². The van der Waals surface area contributed by atoms with Crippen molar-refractivity contribution < 1.29 is 0 Å². The van der Waals surface area contributed by atoms with Crippen molar-refractivity contribution in [1.29, 1.82) is 5.26 Å². The van der Waals surface area contributed by atoms with Crippen molar-refractivity contribution in [2.24, 2.45) is 0 Å². The maximum Gasteiger partial charge on any atom is 0.196 e. The number of fused-ring (bicyclic) bond motifs is 6. The molecule has 4 nitrogen and oxygen atoms in total. The van der Waals surface area contributed by atoms with E-state index in [0.717, 1.165) is 55.4 Å². The summed E-state index contributed by atoms with van der Waals surface area (Å²) in [5.74, 6) is 0. The molecule has 0 unspecified atom stereocenters. The third kappa shape index (κ3) is 4.01. The van der Waals surface area contributed by atoms with Gasteiger partial charge in [0.25, 0.3) is 0 Å². The number of benzene rings is 7. The summed E-state index contributed by atoms with van der Waals surface area (Å²) in [6.45, 7) is 7.90. The maximum atomic E-state index is 10.7. The van der Waals surface area contributed by atoms with Gasteiger partial charge in [0, 0.05) is 32.8 Å². The van der Waals surface area contributed by atoms with Crippen molar-refractivity contribution in [2.75, 3.05) is 0 Å². The Morgan fingerprint density at radius 1 is 0.521 bits per heavy atom. The van der Waals surface area contributed by atoms with E-state index in [4.69, 9.17) is 6.57 Å². The van der Waals surface area contributed by atoms with E-state index in [9.17, 15) is 5.26 Å². The summed E-state index contributed by atoms with van der Waals surface area (Å²) in [4.78, 5) is 3.81. The van der Waals surface area contributed by atoms with Gasteiger partial charge in [-0.2, -0.15) is 5.26 Å². The van der Waals surface area contributed by atoms with Gasteiger partial charge in [-0.05, 0) is 65.2 Å². The highest BCUT2D eigenvalue weighted by Crippen LogP contribution is 2.43. The van der Waals surface area contributed by atoms with E-state index in [-0.39, 0.29) is 0 Å². The van der Waals surface area contributed by atoms with Crippen LogP contribution in [0.1, 0.15) is 5.56 Å². The fraction of sp³-hybridized carbons (Fsp3) is 0. The molecule has 2 aromatic heterocycles. The van der Waals surface area contributed by atoms with Crippen LogP contribution in [0.4, 0.5) is 5.69 Å². The Balaban J connectivity index is 1.33. The van der Waals surface area contributed by atoms with Gasteiger partial charge in [0.2, 0.25) is 0 Å². The fourth-order valence-electron chi connectivity index (χ4n) is 7.39. The lowest BCUT2D eigenvalue weighted by Gasteiger charge is -2.15. The minimum atomic E-state index is 0.464. The van der Waals surface area contributed by atoms with Crippen LogP contribution in [-0.4, -0.2) is 9.13 Å². The monoisotopic (exact) mass is 610 g/mol. The molecule has 7 aromatic carbocycles. The zero-order valence-electron chi connectivity index (χ0n) is 25.8. The van der Waals surface area contributed by atoms with Crippen molar-refractivity contribution in [3.05, 3.63) is 175 Å². The van der Waals surface area contributed by atoms with Gasteiger partial charge in [-0.25, -0.2) is 4.85 Å². The van der Waals surface area contributed by atoms with Gasteiger partial charge in [-0.15, -0.1) is 0 Å². The standard InChI is InChI=1S/C44H26N4/c1-46-37-24-26-41(36(28-45)43(37)29-13-4-2-5-14-29)48-39-21-11-9-18-34(39)44-32(19-12-22-42(44)48)30-23-25-40-35(27-30)33-17-8-10-20-38(33)47(40)31-15-6-3-7-16-31/h2-27H. The minimum absolute atomic E-state index is 0.464. The highest BCUT2D eigenvalue weighted by Gasteiger charge is 2.22. The molecule has 0 bridgehead atoms. The van der Waals surface area contributed by atoms with Crippen LogP contribution in [0.2, 0.25) is 0 Å². The van der Waals surface area contributed by atoms with Crippen LogP contribution in [0.5, 0.6) is 0 Å². The van der Waals surface area contributed by atoms with E-state index in [2.05, 4.69) is 123 Å². The Bertz CT molecular complexity index is 2790. The van der Waals surface area contributed by atoms with Gasteiger partial charge in [0.05, 0.1) is 39.9 Å². The molecule has 0 amide bonds. The second-order valence-electron chi connectivity index (χ2n) is 11.9. The third-order valence-electron chi connectivity index (χ3n) is 9.39. The Hall–Kier alpha value is -6.88. The fourth-order valence-corrected chi connectivity index (χ4v) is 7.39. The van der Waals surface area contributed by atoms with Crippen molar-refractivity contribution in [2.45, 2.75) is 0 Å². The number of nitrogens with zero attached hydrogens (tertiary/aromatic N) is 4. The summed E-state index contributed by atoms with van der Waals surface area (Å²) in [6.07, 6.45) is 0. The molecule has 0 atom stereocenters.